The summed E-state index contributed by atoms with van der Waals surface area (Å²) in [5.74, 6) is 2.38. The van der Waals surface area contributed by atoms with Crippen LogP contribution in [0.15, 0.2) is 24.3 Å². The Morgan fingerprint density at radius 2 is 1.95 bits per heavy atom. The minimum atomic E-state index is 0.360. The topological polar surface area (TPSA) is 38.5 Å². The highest BCUT2D eigenvalue weighted by atomic mass is 16.5. The highest BCUT2D eigenvalue weighted by molar-refractivity contribution is 5.48. The third-order valence-electron chi connectivity index (χ3n) is 4.75. The van der Waals surface area contributed by atoms with Gasteiger partial charge in [0, 0.05) is 25.3 Å². The predicted octanol–water partition coefficient (Wildman–Crippen LogP) is 3.29. The molecule has 1 fully saturated rings. The van der Waals surface area contributed by atoms with Gasteiger partial charge in [0.2, 0.25) is 0 Å². The number of nitrogens with zero attached hydrogens (tertiary/aromatic N) is 1. The highest BCUT2D eigenvalue weighted by Crippen LogP contribution is 2.31. The molecule has 0 bridgehead atoms. The zero-order chi connectivity index (χ0) is 14.5. The molecule has 3 nitrogen and oxygen atoms in total. The van der Waals surface area contributed by atoms with Crippen molar-refractivity contribution in [3.63, 3.8) is 0 Å². The minimum absolute atomic E-state index is 0.360. The normalized spacial score (nSPS) is 26.3. The van der Waals surface area contributed by atoms with Gasteiger partial charge in [0.15, 0.2) is 0 Å². The van der Waals surface area contributed by atoms with Crippen LogP contribution < -0.4 is 15.4 Å². The molecule has 2 rings (SSSR count). The third kappa shape index (κ3) is 3.66. The fourth-order valence-electron chi connectivity index (χ4n) is 3.26. The summed E-state index contributed by atoms with van der Waals surface area (Å²) in [7, 11) is 3.86. The number of hydrogen-bond donors (Lipinski definition) is 1. The van der Waals surface area contributed by atoms with Gasteiger partial charge in [-0.25, -0.2) is 0 Å². The first kappa shape index (κ1) is 15.2. The number of hydrogen-bond acceptors (Lipinski definition) is 3. The molecule has 1 aromatic rings. The first-order valence-electron chi connectivity index (χ1n) is 7.74. The van der Waals surface area contributed by atoms with E-state index in [0.29, 0.717) is 12.0 Å². The van der Waals surface area contributed by atoms with E-state index in [9.17, 15) is 0 Å². The molecule has 0 spiro atoms. The lowest BCUT2D eigenvalue weighted by molar-refractivity contribution is 0.232. The lowest BCUT2D eigenvalue weighted by Crippen LogP contribution is -2.42. The van der Waals surface area contributed by atoms with Crippen LogP contribution in [-0.2, 0) is 0 Å². The van der Waals surface area contributed by atoms with Crippen LogP contribution in [0.4, 0.5) is 5.69 Å². The van der Waals surface area contributed by atoms with Crippen LogP contribution in [-0.4, -0.2) is 26.7 Å². The number of anilines is 1. The van der Waals surface area contributed by atoms with Gasteiger partial charge in [-0.15, -0.1) is 0 Å². The number of nitrogens with two attached hydrogens (primary N) is 1. The molecule has 0 aromatic heterocycles. The highest BCUT2D eigenvalue weighted by Gasteiger charge is 2.28. The molecule has 1 aliphatic carbocycles. The maximum Gasteiger partial charge on any atom is 0.119 e. The Hall–Kier alpha value is -1.22. The second-order valence-electron chi connectivity index (χ2n) is 6.09. The molecular weight excluding hydrogens is 248 g/mol. The fraction of sp³-hybridized carbons (Fsp3) is 0.647. The van der Waals surface area contributed by atoms with E-state index in [-0.39, 0.29) is 0 Å². The van der Waals surface area contributed by atoms with Crippen molar-refractivity contribution in [3.05, 3.63) is 24.3 Å². The predicted molar refractivity (Wildman–Crippen MR) is 85.4 cm³/mol. The van der Waals surface area contributed by atoms with Crippen molar-refractivity contribution in [2.45, 2.75) is 38.6 Å². The zero-order valence-electron chi connectivity index (χ0n) is 13.0. The van der Waals surface area contributed by atoms with Crippen molar-refractivity contribution >= 4 is 5.69 Å². The van der Waals surface area contributed by atoms with Gasteiger partial charge in [0.05, 0.1) is 7.11 Å². The molecule has 3 heteroatoms. The van der Waals surface area contributed by atoms with E-state index in [1.165, 1.54) is 31.4 Å². The lowest BCUT2D eigenvalue weighted by Gasteiger charge is -2.36. The van der Waals surface area contributed by atoms with Crippen molar-refractivity contribution in [1.29, 1.82) is 0 Å². The van der Waals surface area contributed by atoms with Crippen molar-refractivity contribution in [2.75, 3.05) is 25.6 Å². The van der Waals surface area contributed by atoms with Crippen molar-refractivity contribution in [2.24, 2.45) is 17.6 Å². The van der Waals surface area contributed by atoms with E-state index in [0.717, 1.165) is 18.2 Å². The monoisotopic (exact) mass is 276 g/mol. The summed E-state index contributed by atoms with van der Waals surface area (Å²) in [6.45, 7) is 3.34. The zero-order valence-corrected chi connectivity index (χ0v) is 13.0. The van der Waals surface area contributed by atoms with Crippen LogP contribution in [0.5, 0.6) is 5.75 Å². The molecule has 20 heavy (non-hydrogen) atoms. The number of rotatable bonds is 5. The molecule has 0 aliphatic heterocycles. The van der Waals surface area contributed by atoms with Gasteiger partial charge < -0.3 is 15.4 Å². The first-order chi connectivity index (χ1) is 9.63. The van der Waals surface area contributed by atoms with Gasteiger partial charge >= 0.3 is 0 Å². The van der Waals surface area contributed by atoms with E-state index >= 15 is 0 Å². The fourth-order valence-corrected chi connectivity index (χ4v) is 3.26. The standard InChI is InChI=1S/C17H28N2O/c1-4-13-5-10-17(18)14(11-13)12-19(2)15-6-8-16(20-3)9-7-15/h6-9,13-14,17H,4-5,10-12,18H2,1-3H3. The van der Waals surface area contributed by atoms with Crippen LogP contribution in [0, 0.1) is 11.8 Å². The smallest absolute Gasteiger partial charge is 0.119 e. The average molecular weight is 276 g/mol. The van der Waals surface area contributed by atoms with E-state index in [2.05, 4.69) is 31.0 Å². The Morgan fingerprint density at radius 3 is 2.55 bits per heavy atom. The van der Waals surface area contributed by atoms with Gasteiger partial charge in [-0.2, -0.15) is 0 Å². The van der Waals surface area contributed by atoms with Crippen molar-refractivity contribution in [1.82, 2.24) is 0 Å². The summed E-state index contributed by atoms with van der Waals surface area (Å²) < 4.78 is 5.21. The van der Waals surface area contributed by atoms with Crippen molar-refractivity contribution < 1.29 is 4.74 Å². The largest absolute Gasteiger partial charge is 0.497 e. The Labute approximate surface area is 123 Å². The molecular formula is C17H28N2O. The van der Waals surface area contributed by atoms with Crippen LogP contribution in [0.2, 0.25) is 0 Å². The molecule has 0 saturated heterocycles. The summed E-state index contributed by atoms with van der Waals surface area (Å²) in [4.78, 5) is 2.32. The molecule has 3 atom stereocenters. The average Bonchev–Trinajstić information content (AvgIpc) is 2.49. The van der Waals surface area contributed by atoms with Crippen LogP contribution >= 0.6 is 0 Å². The molecule has 1 saturated carbocycles. The van der Waals surface area contributed by atoms with E-state index in [1.54, 1.807) is 7.11 Å². The first-order valence-corrected chi connectivity index (χ1v) is 7.74. The summed E-state index contributed by atoms with van der Waals surface area (Å²) in [6.07, 6.45) is 5.05. The Bertz CT molecular complexity index is 404. The molecule has 1 aliphatic rings. The van der Waals surface area contributed by atoms with Crippen molar-refractivity contribution in [3.8, 4) is 5.75 Å². The molecule has 3 unspecified atom stereocenters. The van der Waals surface area contributed by atoms with Gasteiger partial charge in [-0.1, -0.05) is 13.3 Å². The molecule has 112 valence electrons. The van der Waals surface area contributed by atoms with Gasteiger partial charge in [0.1, 0.15) is 5.75 Å². The SMILES string of the molecule is CCC1CCC(N)C(CN(C)c2ccc(OC)cc2)C1. The van der Waals surface area contributed by atoms with E-state index in [1.807, 2.05) is 12.1 Å². The summed E-state index contributed by atoms with van der Waals surface area (Å²) in [5, 5.41) is 0. The van der Waals surface area contributed by atoms with E-state index < -0.39 is 0 Å². The molecule has 2 N–H and O–H groups in total. The number of ether oxygens (including phenoxy) is 1. The molecule has 1 aromatic carbocycles. The summed E-state index contributed by atoms with van der Waals surface area (Å²) in [6, 6.07) is 8.62. The summed E-state index contributed by atoms with van der Waals surface area (Å²) in [5.41, 5.74) is 7.55. The Morgan fingerprint density at radius 1 is 1.25 bits per heavy atom. The van der Waals surface area contributed by atoms with Gasteiger partial charge in [-0.05, 0) is 55.4 Å². The van der Waals surface area contributed by atoms with Crippen LogP contribution in [0.1, 0.15) is 32.6 Å². The van der Waals surface area contributed by atoms with Crippen LogP contribution in [0.25, 0.3) is 0 Å². The number of methoxy groups -OCH3 is 1. The maximum absolute atomic E-state index is 6.32. The molecule has 0 amide bonds. The second kappa shape index (κ2) is 6.98. The van der Waals surface area contributed by atoms with E-state index in [4.69, 9.17) is 10.5 Å². The number of benzene rings is 1. The minimum Gasteiger partial charge on any atom is -0.497 e. The quantitative estimate of drug-likeness (QED) is 0.897. The maximum atomic E-state index is 6.32. The van der Waals surface area contributed by atoms with Gasteiger partial charge in [0.25, 0.3) is 0 Å². The molecule has 0 radical (unpaired) electrons. The summed E-state index contributed by atoms with van der Waals surface area (Å²) >= 11 is 0. The second-order valence-corrected chi connectivity index (χ2v) is 6.09. The van der Waals surface area contributed by atoms with Crippen LogP contribution in [0.3, 0.4) is 0 Å². The Balaban J connectivity index is 1.96. The third-order valence-corrected chi connectivity index (χ3v) is 4.75. The van der Waals surface area contributed by atoms with Gasteiger partial charge in [-0.3, -0.25) is 0 Å². The lowest BCUT2D eigenvalue weighted by atomic mass is 9.77. The Kier molecular flexibility index (Phi) is 5.30. The molecule has 0 heterocycles.